The van der Waals surface area contributed by atoms with E-state index < -0.39 is 17.3 Å². The van der Waals surface area contributed by atoms with Crippen LogP contribution in [0.4, 0.5) is 0 Å². The van der Waals surface area contributed by atoms with Crippen molar-refractivity contribution in [1.82, 2.24) is 30.4 Å². The van der Waals surface area contributed by atoms with Gasteiger partial charge in [0, 0.05) is 36.2 Å². The number of carbonyl (C=O) groups excluding carboxylic acids is 1. The van der Waals surface area contributed by atoms with Crippen molar-refractivity contribution in [2.75, 3.05) is 7.11 Å². The van der Waals surface area contributed by atoms with Gasteiger partial charge in [-0.3, -0.25) is 4.79 Å². The summed E-state index contributed by atoms with van der Waals surface area (Å²) in [5.74, 6) is 0.600. The molecule has 0 saturated carbocycles. The van der Waals surface area contributed by atoms with Crippen LogP contribution >= 0.6 is 0 Å². The standard InChI is InChI=1S/C22H26N6O6/c1-21(2)22(3,31)19(33-17-10-9-16(29)23-24-17)14-12-13(7-8-15(14)34-21)20-25-26-27-28(20)11-5-6-18(30)32-4/h7-10,12,19,31H,5-6,11H2,1-4H3,(H,23,29)/t19-,22+/m1/s1. The Balaban J connectivity index is 1.69. The predicted molar refractivity (Wildman–Crippen MR) is 117 cm³/mol. The normalized spacial score (nSPS) is 20.8. The van der Waals surface area contributed by atoms with Crippen molar-refractivity contribution >= 4 is 5.97 Å². The molecule has 0 fully saturated rings. The van der Waals surface area contributed by atoms with Gasteiger partial charge in [-0.15, -0.1) is 15.3 Å². The summed E-state index contributed by atoms with van der Waals surface area (Å²) in [4.78, 5) is 11.4. The van der Waals surface area contributed by atoms with E-state index in [2.05, 4.69) is 30.5 Å². The van der Waals surface area contributed by atoms with Gasteiger partial charge in [-0.2, -0.15) is 0 Å². The van der Waals surface area contributed by atoms with E-state index in [0.29, 0.717) is 35.7 Å². The second-order valence-corrected chi connectivity index (χ2v) is 8.65. The molecule has 34 heavy (non-hydrogen) atoms. The van der Waals surface area contributed by atoms with Crippen molar-refractivity contribution in [2.45, 2.75) is 57.5 Å². The molecular weight excluding hydrogens is 444 g/mol. The van der Waals surface area contributed by atoms with Gasteiger partial charge in [0.15, 0.2) is 11.9 Å². The third-order valence-electron chi connectivity index (χ3n) is 6.02. The van der Waals surface area contributed by atoms with Crippen LogP contribution in [0.1, 0.15) is 45.3 Å². The van der Waals surface area contributed by atoms with Crippen molar-refractivity contribution in [2.24, 2.45) is 0 Å². The molecule has 0 amide bonds. The molecule has 180 valence electrons. The van der Waals surface area contributed by atoms with Gasteiger partial charge < -0.3 is 24.4 Å². The molecule has 2 aromatic heterocycles. The summed E-state index contributed by atoms with van der Waals surface area (Å²) >= 11 is 0. The highest BCUT2D eigenvalue weighted by molar-refractivity contribution is 5.69. The second-order valence-electron chi connectivity index (χ2n) is 8.65. The Hall–Kier alpha value is -3.80. The zero-order valence-electron chi connectivity index (χ0n) is 19.3. The smallest absolute Gasteiger partial charge is 0.305 e. The number of aromatic hydroxyl groups is 1. The van der Waals surface area contributed by atoms with Crippen molar-refractivity contribution in [3.63, 3.8) is 0 Å². The summed E-state index contributed by atoms with van der Waals surface area (Å²) < 4.78 is 18.5. The summed E-state index contributed by atoms with van der Waals surface area (Å²) in [6.45, 7) is 5.58. The highest BCUT2D eigenvalue weighted by atomic mass is 16.6. The first-order valence-electron chi connectivity index (χ1n) is 10.7. The van der Waals surface area contributed by atoms with Gasteiger partial charge in [-0.1, -0.05) is 0 Å². The SMILES string of the molecule is COC(=O)CCCn1nnnc1-c1ccc2c(c1)[C@@H](Oc1ccc(O)nn1)[C@](C)(O)C(C)(C)O2. The van der Waals surface area contributed by atoms with Crippen molar-refractivity contribution in [3.05, 3.63) is 35.9 Å². The van der Waals surface area contributed by atoms with E-state index in [9.17, 15) is 15.0 Å². The molecule has 0 radical (unpaired) electrons. The van der Waals surface area contributed by atoms with E-state index in [1.807, 2.05) is 6.07 Å². The number of ether oxygens (including phenoxy) is 3. The number of rotatable bonds is 7. The minimum Gasteiger partial charge on any atom is -0.492 e. The molecule has 12 heteroatoms. The lowest BCUT2D eigenvalue weighted by molar-refractivity contribution is -0.175. The maximum Gasteiger partial charge on any atom is 0.305 e. The van der Waals surface area contributed by atoms with Gasteiger partial charge in [0.2, 0.25) is 11.8 Å². The van der Waals surface area contributed by atoms with E-state index in [0.717, 1.165) is 0 Å². The zero-order valence-corrected chi connectivity index (χ0v) is 19.3. The van der Waals surface area contributed by atoms with Crippen LogP contribution in [-0.4, -0.2) is 64.9 Å². The van der Waals surface area contributed by atoms with Crippen LogP contribution in [0.5, 0.6) is 17.5 Å². The van der Waals surface area contributed by atoms with Crippen molar-refractivity contribution in [1.29, 1.82) is 0 Å². The van der Waals surface area contributed by atoms with Crippen LogP contribution in [0, 0.1) is 0 Å². The van der Waals surface area contributed by atoms with Crippen molar-refractivity contribution < 1.29 is 29.2 Å². The van der Waals surface area contributed by atoms with Gasteiger partial charge in [-0.25, -0.2) is 4.68 Å². The fourth-order valence-electron chi connectivity index (χ4n) is 3.69. The van der Waals surface area contributed by atoms with Gasteiger partial charge in [0.25, 0.3) is 0 Å². The lowest BCUT2D eigenvalue weighted by Crippen LogP contribution is -2.59. The maximum atomic E-state index is 11.5. The Labute approximate surface area is 195 Å². The Morgan fingerprint density at radius 2 is 1.97 bits per heavy atom. The fourth-order valence-corrected chi connectivity index (χ4v) is 3.69. The minimum absolute atomic E-state index is 0.129. The number of hydrogen-bond donors (Lipinski definition) is 2. The number of hydrogen-bond acceptors (Lipinski definition) is 11. The number of aliphatic hydroxyl groups is 1. The molecule has 12 nitrogen and oxygen atoms in total. The number of methoxy groups -OCH3 is 1. The molecule has 2 N–H and O–H groups in total. The lowest BCUT2D eigenvalue weighted by Gasteiger charge is -2.48. The summed E-state index contributed by atoms with van der Waals surface area (Å²) in [7, 11) is 1.35. The number of fused-ring (bicyclic) bond motifs is 1. The maximum absolute atomic E-state index is 11.5. The van der Waals surface area contributed by atoms with E-state index in [1.54, 1.807) is 37.6 Å². The third-order valence-corrected chi connectivity index (χ3v) is 6.02. The van der Waals surface area contributed by atoms with E-state index in [1.165, 1.54) is 19.2 Å². The molecule has 1 aliphatic rings. The minimum atomic E-state index is -1.47. The number of esters is 1. The molecule has 0 spiro atoms. The first-order valence-corrected chi connectivity index (χ1v) is 10.7. The number of nitrogens with zero attached hydrogens (tertiary/aromatic N) is 6. The molecule has 0 unspecified atom stereocenters. The molecule has 0 aliphatic carbocycles. The number of benzene rings is 1. The van der Waals surface area contributed by atoms with Gasteiger partial charge in [0.1, 0.15) is 17.0 Å². The number of carbonyl (C=O) groups is 1. The molecular formula is C22H26N6O6. The average Bonchev–Trinajstić information content (AvgIpc) is 3.26. The molecule has 3 aromatic rings. The first-order chi connectivity index (χ1) is 16.1. The summed E-state index contributed by atoms with van der Waals surface area (Å²) in [5, 5.41) is 40.3. The Morgan fingerprint density at radius 1 is 1.18 bits per heavy atom. The van der Waals surface area contributed by atoms with Crippen LogP contribution in [0.3, 0.4) is 0 Å². The lowest BCUT2D eigenvalue weighted by atomic mass is 9.76. The zero-order chi connectivity index (χ0) is 24.5. The molecule has 1 aliphatic heterocycles. The highest BCUT2D eigenvalue weighted by Crippen LogP contribution is 2.48. The fraction of sp³-hybridized carbons (Fsp3) is 0.455. The second kappa shape index (κ2) is 8.86. The quantitative estimate of drug-likeness (QED) is 0.486. The van der Waals surface area contributed by atoms with E-state index in [4.69, 9.17) is 9.47 Å². The van der Waals surface area contributed by atoms with Gasteiger partial charge in [0.05, 0.1) is 7.11 Å². The monoisotopic (exact) mass is 470 g/mol. The summed E-state index contributed by atoms with van der Waals surface area (Å²) in [6, 6.07) is 8.19. The molecule has 3 heterocycles. The average molecular weight is 470 g/mol. The molecule has 0 saturated heterocycles. The Kier molecular flexibility index (Phi) is 6.09. The van der Waals surface area contributed by atoms with E-state index in [-0.39, 0.29) is 24.2 Å². The van der Waals surface area contributed by atoms with Gasteiger partial charge in [-0.05, 0) is 55.8 Å². The molecule has 4 rings (SSSR count). The number of aromatic nitrogens is 6. The van der Waals surface area contributed by atoms with Crippen LogP contribution in [0.2, 0.25) is 0 Å². The molecule has 1 aromatic carbocycles. The van der Waals surface area contributed by atoms with E-state index >= 15 is 0 Å². The van der Waals surface area contributed by atoms with Crippen LogP contribution in [-0.2, 0) is 16.1 Å². The number of aryl methyl sites for hydroxylation is 1. The first kappa shape index (κ1) is 23.4. The van der Waals surface area contributed by atoms with Crippen LogP contribution in [0.15, 0.2) is 30.3 Å². The highest BCUT2D eigenvalue weighted by Gasteiger charge is 2.54. The molecule has 2 atom stereocenters. The van der Waals surface area contributed by atoms with Crippen molar-refractivity contribution in [3.8, 4) is 28.9 Å². The summed E-state index contributed by atoms with van der Waals surface area (Å²) in [6.07, 6.45) is -0.129. The Bertz CT molecular complexity index is 1180. The summed E-state index contributed by atoms with van der Waals surface area (Å²) in [5.41, 5.74) is -1.22. The third kappa shape index (κ3) is 4.36. The largest absolute Gasteiger partial charge is 0.492 e. The van der Waals surface area contributed by atoms with Gasteiger partial charge >= 0.3 is 5.97 Å². The number of tetrazole rings is 1. The molecule has 0 bridgehead atoms. The van der Waals surface area contributed by atoms with Crippen LogP contribution in [0.25, 0.3) is 11.4 Å². The Morgan fingerprint density at radius 3 is 2.68 bits per heavy atom. The predicted octanol–water partition coefficient (Wildman–Crippen LogP) is 1.83. The topological polar surface area (TPSA) is 155 Å². The van der Waals surface area contributed by atoms with Crippen LogP contribution < -0.4 is 9.47 Å².